The third-order valence-corrected chi connectivity index (χ3v) is 2.28. The highest BCUT2D eigenvalue weighted by Gasteiger charge is 2.10. The van der Waals surface area contributed by atoms with Crippen LogP contribution in [0, 0.1) is 0 Å². The third-order valence-electron chi connectivity index (χ3n) is 1.63. The lowest BCUT2D eigenvalue weighted by Crippen LogP contribution is -2.16. The van der Waals surface area contributed by atoms with Gasteiger partial charge in [0.25, 0.3) is 0 Å². The molecule has 0 spiro atoms. The first-order chi connectivity index (χ1) is 6.59. The van der Waals surface area contributed by atoms with E-state index in [1.165, 1.54) is 0 Å². The maximum Gasteiger partial charge on any atom is 0.307 e. The summed E-state index contributed by atoms with van der Waals surface area (Å²) in [4.78, 5) is 10.4. The van der Waals surface area contributed by atoms with Crippen LogP contribution in [0.4, 0.5) is 0 Å². The maximum absolute atomic E-state index is 10.4. The predicted octanol–water partition coefficient (Wildman–Crippen LogP) is 2.69. The van der Waals surface area contributed by atoms with E-state index in [2.05, 4.69) is 15.9 Å². The molecule has 0 aliphatic rings. The molecule has 3 nitrogen and oxygen atoms in total. The number of hydrogen-bond acceptors (Lipinski definition) is 2. The van der Waals surface area contributed by atoms with Crippen molar-refractivity contribution in [2.24, 2.45) is 0 Å². The topological polar surface area (TPSA) is 46.5 Å². The zero-order chi connectivity index (χ0) is 10.6. The first kappa shape index (κ1) is 11.0. The maximum atomic E-state index is 10.4. The van der Waals surface area contributed by atoms with E-state index in [9.17, 15) is 4.79 Å². The highest BCUT2D eigenvalue weighted by atomic mass is 79.9. The summed E-state index contributed by atoms with van der Waals surface area (Å²) in [5.41, 5.74) is 0. The van der Waals surface area contributed by atoms with Gasteiger partial charge in [0, 0.05) is 0 Å². The minimum atomic E-state index is -0.857. The molecule has 1 aromatic rings. The molecule has 1 atom stereocenters. The number of halogens is 1. The van der Waals surface area contributed by atoms with Gasteiger partial charge in [0.05, 0.1) is 10.9 Å². The number of carboxylic acids is 1. The second kappa shape index (κ2) is 5.00. The number of benzene rings is 1. The van der Waals surface area contributed by atoms with Gasteiger partial charge in [-0.05, 0) is 35.0 Å². The van der Waals surface area contributed by atoms with Gasteiger partial charge in [-0.1, -0.05) is 12.1 Å². The largest absolute Gasteiger partial charge is 0.489 e. The number of para-hydroxylation sites is 1. The number of carboxylic acid groups (broad SMARTS) is 1. The van der Waals surface area contributed by atoms with Crippen molar-refractivity contribution < 1.29 is 14.6 Å². The molecule has 0 saturated heterocycles. The lowest BCUT2D eigenvalue weighted by atomic mass is 10.3. The summed E-state index contributed by atoms with van der Waals surface area (Å²) >= 11 is 3.32. The van der Waals surface area contributed by atoms with Crippen molar-refractivity contribution >= 4 is 21.9 Å². The molecule has 0 bridgehead atoms. The summed E-state index contributed by atoms with van der Waals surface area (Å²) in [5, 5.41) is 8.54. The molecular formula is C10H11BrO3. The summed E-state index contributed by atoms with van der Waals surface area (Å²) in [6.45, 7) is 1.73. The monoisotopic (exact) mass is 258 g/mol. The fraction of sp³-hybridized carbons (Fsp3) is 0.300. The molecule has 0 radical (unpaired) electrons. The minimum absolute atomic E-state index is 0.00132. The normalized spacial score (nSPS) is 12.1. The molecule has 0 unspecified atom stereocenters. The molecule has 0 heterocycles. The van der Waals surface area contributed by atoms with Gasteiger partial charge in [-0.25, -0.2) is 0 Å². The van der Waals surface area contributed by atoms with Crippen LogP contribution in [0.25, 0.3) is 0 Å². The Balaban J connectivity index is 2.60. The van der Waals surface area contributed by atoms with Crippen LogP contribution in [0.3, 0.4) is 0 Å². The first-order valence-corrected chi connectivity index (χ1v) is 5.02. The smallest absolute Gasteiger partial charge is 0.307 e. The second-order valence-electron chi connectivity index (χ2n) is 2.96. The molecule has 0 aliphatic heterocycles. The van der Waals surface area contributed by atoms with Crippen molar-refractivity contribution in [2.75, 3.05) is 0 Å². The molecule has 0 aromatic heterocycles. The molecule has 1 rings (SSSR count). The highest BCUT2D eigenvalue weighted by Crippen LogP contribution is 2.25. The summed E-state index contributed by atoms with van der Waals surface area (Å²) in [6.07, 6.45) is -0.326. The van der Waals surface area contributed by atoms with Crippen molar-refractivity contribution in [3.8, 4) is 5.75 Å². The van der Waals surface area contributed by atoms with Crippen LogP contribution in [0.1, 0.15) is 13.3 Å². The highest BCUT2D eigenvalue weighted by molar-refractivity contribution is 9.10. The number of rotatable bonds is 4. The van der Waals surface area contributed by atoms with Gasteiger partial charge in [-0.15, -0.1) is 0 Å². The van der Waals surface area contributed by atoms with Gasteiger partial charge < -0.3 is 9.84 Å². The Morgan fingerprint density at radius 2 is 2.21 bits per heavy atom. The summed E-state index contributed by atoms with van der Waals surface area (Å²) in [6, 6.07) is 7.36. The first-order valence-electron chi connectivity index (χ1n) is 4.22. The van der Waals surface area contributed by atoms with E-state index in [0.29, 0.717) is 5.75 Å². The van der Waals surface area contributed by atoms with Crippen LogP contribution in [0.5, 0.6) is 5.75 Å². The van der Waals surface area contributed by atoms with E-state index < -0.39 is 5.97 Å². The van der Waals surface area contributed by atoms with E-state index in [-0.39, 0.29) is 12.5 Å². The van der Waals surface area contributed by atoms with Crippen LogP contribution in [-0.4, -0.2) is 17.2 Å². The molecule has 14 heavy (non-hydrogen) atoms. The average molecular weight is 259 g/mol. The number of hydrogen-bond donors (Lipinski definition) is 1. The van der Waals surface area contributed by atoms with Crippen LogP contribution in [-0.2, 0) is 4.79 Å². The van der Waals surface area contributed by atoms with Gasteiger partial charge in [-0.2, -0.15) is 0 Å². The summed E-state index contributed by atoms with van der Waals surface area (Å²) in [5.74, 6) is -0.189. The molecule has 4 heteroatoms. The molecule has 0 fully saturated rings. The number of aliphatic carboxylic acids is 1. The number of ether oxygens (including phenoxy) is 1. The van der Waals surface area contributed by atoms with Crippen molar-refractivity contribution in [1.82, 2.24) is 0 Å². The van der Waals surface area contributed by atoms with E-state index in [1.807, 2.05) is 18.2 Å². The summed E-state index contributed by atoms with van der Waals surface area (Å²) < 4.78 is 6.26. The predicted molar refractivity (Wildman–Crippen MR) is 56.5 cm³/mol. The Bertz CT molecular complexity index is 325. The van der Waals surface area contributed by atoms with E-state index in [1.54, 1.807) is 13.0 Å². The van der Waals surface area contributed by atoms with Crippen molar-refractivity contribution in [2.45, 2.75) is 19.4 Å². The van der Waals surface area contributed by atoms with Crippen LogP contribution >= 0.6 is 15.9 Å². The SMILES string of the molecule is C[C@H](CC(=O)O)Oc1ccccc1Br. The van der Waals surface area contributed by atoms with Gasteiger partial charge in [0.2, 0.25) is 0 Å². The Morgan fingerprint density at radius 3 is 2.79 bits per heavy atom. The van der Waals surface area contributed by atoms with Gasteiger partial charge in [0.1, 0.15) is 11.9 Å². The van der Waals surface area contributed by atoms with Crippen LogP contribution < -0.4 is 4.74 Å². The lowest BCUT2D eigenvalue weighted by molar-refractivity contribution is -0.138. The van der Waals surface area contributed by atoms with E-state index >= 15 is 0 Å². The third kappa shape index (κ3) is 3.38. The molecule has 0 aliphatic carbocycles. The average Bonchev–Trinajstić information content (AvgIpc) is 2.07. The fourth-order valence-corrected chi connectivity index (χ4v) is 1.42. The van der Waals surface area contributed by atoms with Crippen molar-refractivity contribution in [3.63, 3.8) is 0 Å². The van der Waals surface area contributed by atoms with Gasteiger partial charge in [-0.3, -0.25) is 4.79 Å². The zero-order valence-electron chi connectivity index (χ0n) is 7.74. The Hall–Kier alpha value is -1.03. The molecular weight excluding hydrogens is 248 g/mol. The molecule has 0 amide bonds. The zero-order valence-corrected chi connectivity index (χ0v) is 9.32. The molecule has 1 N–H and O–H groups in total. The quantitative estimate of drug-likeness (QED) is 0.904. The second-order valence-corrected chi connectivity index (χ2v) is 3.81. The van der Waals surface area contributed by atoms with Gasteiger partial charge >= 0.3 is 5.97 Å². The fourth-order valence-electron chi connectivity index (χ4n) is 1.04. The standard InChI is InChI=1S/C10H11BrO3/c1-7(6-10(12)13)14-9-5-3-2-4-8(9)11/h2-5,7H,6H2,1H3,(H,12,13)/t7-/m1/s1. The summed E-state index contributed by atoms with van der Waals surface area (Å²) in [7, 11) is 0. The van der Waals surface area contributed by atoms with Gasteiger partial charge in [0.15, 0.2) is 0 Å². The number of carbonyl (C=O) groups is 1. The Kier molecular flexibility index (Phi) is 3.95. The Labute approximate surface area is 90.8 Å². The molecule has 0 saturated carbocycles. The lowest BCUT2D eigenvalue weighted by Gasteiger charge is -2.13. The van der Waals surface area contributed by atoms with E-state index in [4.69, 9.17) is 9.84 Å². The minimum Gasteiger partial charge on any atom is -0.489 e. The van der Waals surface area contributed by atoms with E-state index in [0.717, 1.165) is 4.47 Å². The van der Waals surface area contributed by atoms with Crippen LogP contribution in [0.15, 0.2) is 28.7 Å². The van der Waals surface area contributed by atoms with Crippen molar-refractivity contribution in [1.29, 1.82) is 0 Å². The molecule has 1 aromatic carbocycles. The van der Waals surface area contributed by atoms with Crippen LogP contribution in [0.2, 0.25) is 0 Å². The Morgan fingerprint density at radius 1 is 1.57 bits per heavy atom. The molecule has 76 valence electrons. The van der Waals surface area contributed by atoms with Crippen molar-refractivity contribution in [3.05, 3.63) is 28.7 Å².